The molecule has 0 unspecified atom stereocenters. The van der Waals surface area contributed by atoms with Crippen LogP contribution in [-0.2, 0) is 0 Å². The van der Waals surface area contributed by atoms with Crippen molar-refractivity contribution in [2.24, 2.45) is 5.92 Å². The molecule has 2 nitrogen and oxygen atoms in total. The van der Waals surface area contributed by atoms with Crippen LogP contribution in [0.4, 0.5) is 0 Å². The van der Waals surface area contributed by atoms with E-state index in [1.165, 1.54) is 25.7 Å². The SMILES string of the molecule is CNCCN[C@H]1CCCC[C@@H]1C. The van der Waals surface area contributed by atoms with Crippen LogP contribution < -0.4 is 10.6 Å². The third-order valence-corrected chi connectivity index (χ3v) is 2.89. The molecule has 1 rings (SSSR count). The van der Waals surface area contributed by atoms with E-state index in [1.54, 1.807) is 0 Å². The van der Waals surface area contributed by atoms with Gasteiger partial charge in [0.25, 0.3) is 0 Å². The van der Waals surface area contributed by atoms with E-state index in [2.05, 4.69) is 17.6 Å². The largest absolute Gasteiger partial charge is 0.318 e. The Morgan fingerprint density at radius 2 is 1.92 bits per heavy atom. The average molecular weight is 170 g/mol. The zero-order valence-corrected chi connectivity index (χ0v) is 8.40. The number of likely N-dealkylation sites (N-methyl/N-ethyl adjacent to an activating group) is 1. The summed E-state index contributed by atoms with van der Waals surface area (Å²) in [5.41, 5.74) is 0. The van der Waals surface area contributed by atoms with Gasteiger partial charge in [0.1, 0.15) is 0 Å². The lowest BCUT2D eigenvalue weighted by molar-refractivity contribution is 0.282. The molecule has 0 amide bonds. The van der Waals surface area contributed by atoms with Crippen molar-refractivity contribution in [3.05, 3.63) is 0 Å². The van der Waals surface area contributed by atoms with Gasteiger partial charge in [-0.05, 0) is 25.8 Å². The first-order valence-corrected chi connectivity index (χ1v) is 5.22. The van der Waals surface area contributed by atoms with Gasteiger partial charge in [-0.2, -0.15) is 0 Å². The van der Waals surface area contributed by atoms with E-state index in [0.717, 1.165) is 25.0 Å². The first-order valence-electron chi connectivity index (χ1n) is 5.22. The molecule has 0 bridgehead atoms. The second kappa shape index (κ2) is 5.55. The quantitative estimate of drug-likeness (QED) is 0.623. The second-order valence-electron chi connectivity index (χ2n) is 3.93. The third-order valence-electron chi connectivity index (χ3n) is 2.89. The molecule has 0 aromatic heterocycles. The van der Waals surface area contributed by atoms with Gasteiger partial charge in [-0.25, -0.2) is 0 Å². The lowest BCUT2D eigenvalue weighted by atomic mass is 9.86. The molecule has 72 valence electrons. The summed E-state index contributed by atoms with van der Waals surface area (Å²) in [6, 6.07) is 0.784. The van der Waals surface area contributed by atoms with E-state index in [1.807, 2.05) is 7.05 Å². The minimum absolute atomic E-state index is 0.784. The van der Waals surface area contributed by atoms with Crippen molar-refractivity contribution in [1.29, 1.82) is 0 Å². The summed E-state index contributed by atoms with van der Waals surface area (Å²) in [5, 5.41) is 6.77. The van der Waals surface area contributed by atoms with Crippen LogP contribution in [0.2, 0.25) is 0 Å². The molecule has 0 spiro atoms. The van der Waals surface area contributed by atoms with Crippen LogP contribution in [-0.4, -0.2) is 26.2 Å². The molecular formula is C10H22N2. The highest BCUT2D eigenvalue weighted by molar-refractivity contribution is 4.77. The van der Waals surface area contributed by atoms with E-state index < -0.39 is 0 Å². The molecule has 12 heavy (non-hydrogen) atoms. The smallest absolute Gasteiger partial charge is 0.00932 e. The van der Waals surface area contributed by atoms with Crippen molar-refractivity contribution >= 4 is 0 Å². The Balaban J connectivity index is 2.11. The van der Waals surface area contributed by atoms with E-state index >= 15 is 0 Å². The van der Waals surface area contributed by atoms with Gasteiger partial charge in [0.2, 0.25) is 0 Å². The fraction of sp³-hybridized carbons (Fsp3) is 1.00. The van der Waals surface area contributed by atoms with Crippen LogP contribution in [0.5, 0.6) is 0 Å². The van der Waals surface area contributed by atoms with Crippen molar-refractivity contribution in [2.45, 2.75) is 38.6 Å². The molecule has 0 radical (unpaired) electrons. The van der Waals surface area contributed by atoms with Crippen molar-refractivity contribution in [2.75, 3.05) is 20.1 Å². The van der Waals surface area contributed by atoms with Gasteiger partial charge in [0.15, 0.2) is 0 Å². The van der Waals surface area contributed by atoms with Crippen LogP contribution in [0.3, 0.4) is 0 Å². The number of nitrogens with one attached hydrogen (secondary N) is 2. The standard InChI is InChI=1S/C10H22N2/c1-9-5-3-4-6-10(9)12-8-7-11-2/h9-12H,3-8H2,1-2H3/t9-,10-/m0/s1. The maximum Gasteiger partial charge on any atom is 0.00932 e. The zero-order valence-electron chi connectivity index (χ0n) is 8.40. The Bertz CT molecular complexity index is 114. The van der Waals surface area contributed by atoms with E-state index in [-0.39, 0.29) is 0 Å². The average Bonchev–Trinajstić information content (AvgIpc) is 2.09. The Labute approximate surface area is 76.1 Å². The molecule has 2 N–H and O–H groups in total. The molecule has 0 saturated heterocycles. The maximum atomic E-state index is 3.61. The number of hydrogen-bond acceptors (Lipinski definition) is 2. The number of rotatable bonds is 4. The number of hydrogen-bond donors (Lipinski definition) is 2. The summed E-state index contributed by atoms with van der Waals surface area (Å²) >= 11 is 0. The molecule has 0 heterocycles. The van der Waals surface area contributed by atoms with Crippen LogP contribution >= 0.6 is 0 Å². The summed E-state index contributed by atoms with van der Waals surface area (Å²) in [6.45, 7) is 4.57. The van der Waals surface area contributed by atoms with Crippen molar-refractivity contribution in [3.8, 4) is 0 Å². The zero-order chi connectivity index (χ0) is 8.81. The maximum absolute atomic E-state index is 3.61. The molecule has 1 fully saturated rings. The fourth-order valence-electron chi connectivity index (χ4n) is 2.00. The molecule has 0 aromatic carbocycles. The van der Waals surface area contributed by atoms with E-state index in [4.69, 9.17) is 0 Å². The monoisotopic (exact) mass is 170 g/mol. The molecule has 0 aliphatic heterocycles. The molecule has 1 aliphatic carbocycles. The molecule has 1 aliphatic rings. The molecule has 0 aromatic rings. The van der Waals surface area contributed by atoms with E-state index in [9.17, 15) is 0 Å². The van der Waals surface area contributed by atoms with Gasteiger partial charge >= 0.3 is 0 Å². The topological polar surface area (TPSA) is 24.1 Å². The van der Waals surface area contributed by atoms with Crippen molar-refractivity contribution in [3.63, 3.8) is 0 Å². The molecular weight excluding hydrogens is 148 g/mol. The summed E-state index contributed by atoms with van der Waals surface area (Å²) in [4.78, 5) is 0. The third kappa shape index (κ3) is 3.11. The lowest BCUT2D eigenvalue weighted by Crippen LogP contribution is -2.40. The molecule has 1 saturated carbocycles. The van der Waals surface area contributed by atoms with Gasteiger partial charge in [-0.1, -0.05) is 19.8 Å². The summed E-state index contributed by atoms with van der Waals surface area (Å²) in [7, 11) is 2.01. The first-order chi connectivity index (χ1) is 5.84. The van der Waals surface area contributed by atoms with Crippen molar-refractivity contribution in [1.82, 2.24) is 10.6 Å². The first kappa shape index (κ1) is 10.0. The predicted molar refractivity (Wildman–Crippen MR) is 53.3 cm³/mol. The highest BCUT2D eigenvalue weighted by Gasteiger charge is 2.19. The highest BCUT2D eigenvalue weighted by atomic mass is 15.0. The van der Waals surface area contributed by atoms with Gasteiger partial charge in [-0.15, -0.1) is 0 Å². The minimum Gasteiger partial charge on any atom is -0.318 e. The van der Waals surface area contributed by atoms with Crippen molar-refractivity contribution < 1.29 is 0 Å². The Morgan fingerprint density at radius 1 is 1.17 bits per heavy atom. The van der Waals surface area contributed by atoms with Gasteiger partial charge in [0, 0.05) is 19.1 Å². The van der Waals surface area contributed by atoms with Crippen LogP contribution in [0.15, 0.2) is 0 Å². The predicted octanol–water partition coefficient (Wildman–Crippen LogP) is 1.37. The Kier molecular flexibility index (Phi) is 4.62. The van der Waals surface area contributed by atoms with Gasteiger partial charge in [0.05, 0.1) is 0 Å². The van der Waals surface area contributed by atoms with Gasteiger partial charge in [-0.3, -0.25) is 0 Å². The minimum atomic E-state index is 0.784. The summed E-state index contributed by atoms with van der Waals surface area (Å²) in [6.07, 6.45) is 5.65. The lowest BCUT2D eigenvalue weighted by Gasteiger charge is -2.29. The summed E-state index contributed by atoms with van der Waals surface area (Å²) in [5.74, 6) is 0.885. The van der Waals surface area contributed by atoms with Crippen LogP contribution in [0, 0.1) is 5.92 Å². The van der Waals surface area contributed by atoms with Gasteiger partial charge < -0.3 is 10.6 Å². The fourth-order valence-corrected chi connectivity index (χ4v) is 2.00. The Hall–Kier alpha value is -0.0800. The highest BCUT2D eigenvalue weighted by Crippen LogP contribution is 2.23. The molecule has 2 heteroatoms. The van der Waals surface area contributed by atoms with Crippen LogP contribution in [0.1, 0.15) is 32.6 Å². The van der Waals surface area contributed by atoms with E-state index in [0.29, 0.717) is 0 Å². The van der Waals surface area contributed by atoms with Crippen LogP contribution in [0.25, 0.3) is 0 Å². The molecule has 2 atom stereocenters. The normalized spacial score (nSPS) is 30.5. The second-order valence-corrected chi connectivity index (χ2v) is 3.93. The Morgan fingerprint density at radius 3 is 2.58 bits per heavy atom. The summed E-state index contributed by atoms with van der Waals surface area (Å²) < 4.78 is 0.